The van der Waals surface area contributed by atoms with Crippen LogP contribution >= 0.6 is 0 Å². The van der Waals surface area contributed by atoms with Crippen LogP contribution in [0.5, 0.6) is 0 Å². The molecule has 0 radical (unpaired) electrons. The molecule has 2 saturated heterocycles. The number of amides is 3. The molecular formula is C31H34F4N6O2. The lowest BCUT2D eigenvalue weighted by Crippen LogP contribution is -2.54. The molecule has 0 N–H and O–H groups in total. The molecule has 12 heteroatoms. The Morgan fingerprint density at radius 2 is 1.72 bits per heavy atom. The molecule has 43 heavy (non-hydrogen) atoms. The standard InChI is InChI=1S/C31H34F4N6O2/c1-20-6-5-9-27(32)28(20)37-13-10-24(11-14-37)39-17-23-18-41(25-12-15-38(19-25)21(2)42)36-29(23)40(30(39)43)16-22-7-3-4-8-26(22)31(33,34)35/h3-9,18,24-25H,10-17,19H2,1-2H3. The molecule has 6 rings (SSSR count). The number of urea groups is 1. The number of nitrogens with zero attached hydrogens (tertiary/aromatic N) is 6. The second kappa shape index (κ2) is 11.2. The molecule has 0 bridgehead atoms. The van der Waals surface area contributed by atoms with Crippen molar-refractivity contribution in [2.24, 2.45) is 0 Å². The first-order valence-electron chi connectivity index (χ1n) is 14.6. The van der Waals surface area contributed by atoms with Crippen LogP contribution in [0.2, 0.25) is 0 Å². The monoisotopic (exact) mass is 598 g/mol. The zero-order valence-corrected chi connectivity index (χ0v) is 24.1. The number of hydrogen-bond acceptors (Lipinski definition) is 4. The molecule has 1 aromatic heterocycles. The van der Waals surface area contributed by atoms with E-state index in [1.165, 1.54) is 36.1 Å². The summed E-state index contributed by atoms with van der Waals surface area (Å²) in [5.41, 5.74) is 1.35. The minimum Gasteiger partial charge on any atom is -0.369 e. The first-order valence-corrected chi connectivity index (χ1v) is 14.6. The molecule has 228 valence electrons. The predicted octanol–water partition coefficient (Wildman–Crippen LogP) is 5.75. The first-order chi connectivity index (χ1) is 20.5. The van der Waals surface area contributed by atoms with Crippen molar-refractivity contribution in [3.8, 4) is 0 Å². The Bertz CT molecular complexity index is 1510. The van der Waals surface area contributed by atoms with Crippen molar-refractivity contribution in [2.45, 2.75) is 64.5 Å². The molecule has 0 spiro atoms. The number of fused-ring (bicyclic) bond motifs is 1. The molecule has 0 aliphatic carbocycles. The van der Waals surface area contributed by atoms with E-state index in [9.17, 15) is 27.2 Å². The van der Waals surface area contributed by atoms with Gasteiger partial charge < -0.3 is 14.7 Å². The molecule has 2 aromatic carbocycles. The predicted molar refractivity (Wildman–Crippen MR) is 153 cm³/mol. The summed E-state index contributed by atoms with van der Waals surface area (Å²) in [5.74, 6) is 0.0382. The van der Waals surface area contributed by atoms with Crippen molar-refractivity contribution in [1.82, 2.24) is 19.6 Å². The Kier molecular flexibility index (Phi) is 7.55. The average molecular weight is 599 g/mol. The van der Waals surface area contributed by atoms with Crippen LogP contribution in [-0.4, -0.2) is 63.7 Å². The number of halogens is 4. The topological polar surface area (TPSA) is 64.9 Å². The number of alkyl halides is 3. The van der Waals surface area contributed by atoms with Crippen LogP contribution in [-0.2, 0) is 24.1 Å². The number of para-hydroxylation sites is 1. The largest absolute Gasteiger partial charge is 0.416 e. The number of aromatic nitrogens is 2. The Morgan fingerprint density at radius 3 is 2.40 bits per heavy atom. The lowest BCUT2D eigenvalue weighted by molar-refractivity contribution is -0.138. The third-order valence-electron chi connectivity index (χ3n) is 8.90. The van der Waals surface area contributed by atoms with Gasteiger partial charge in [-0.25, -0.2) is 9.18 Å². The number of carbonyl (C=O) groups excluding carboxylic acids is 2. The van der Waals surface area contributed by atoms with E-state index in [1.54, 1.807) is 20.5 Å². The van der Waals surface area contributed by atoms with Crippen LogP contribution in [0.1, 0.15) is 54.5 Å². The molecule has 2 fully saturated rings. The summed E-state index contributed by atoms with van der Waals surface area (Å²) in [6.45, 7) is 5.55. The number of piperidine rings is 1. The van der Waals surface area contributed by atoms with Gasteiger partial charge in [0.1, 0.15) is 5.82 Å². The Balaban J connectivity index is 1.29. The summed E-state index contributed by atoms with van der Waals surface area (Å²) >= 11 is 0. The van der Waals surface area contributed by atoms with Crippen molar-refractivity contribution in [1.29, 1.82) is 0 Å². The quantitative estimate of drug-likeness (QED) is 0.351. The summed E-state index contributed by atoms with van der Waals surface area (Å²) in [7, 11) is 0. The molecular weight excluding hydrogens is 564 g/mol. The van der Waals surface area contributed by atoms with Crippen LogP contribution in [0.25, 0.3) is 0 Å². The van der Waals surface area contributed by atoms with E-state index in [4.69, 9.17) is 5.10 Å². The minimum atomic E-state index is -4.57. The second-order valence-electron chi connectivity index (χ2n) is 11.6. The lowest BCUT2D eigenvalue weighted by atomic mass is 10.00. The van der Waals surface area contributed by atoms with Crippen LogP contribution in [0.3, 0.4) is 0 Å². The second-order valence-corrected chi connectivity index (χ2v) is 11.6. The van der Waals surface area contributed by atoms with Gasteiger partial charge in [-0.3, -0.25) is 14.4 Å². The zero-order valence-electron chi connectivity index (χ0n) is 24.1. The maximum absolute atomic E-state index is 14.7. The van der Waals surface area contributed by atoms with Gasteiger partial charge in [0, 0.05) is 50.9 Å². The molecule has 3 aliphatic rings. The number of rotatable bonds is 5. The highest BCUT2D eigenvalue weighted by Gasteiger charge is 2.41. The normalized spacial score (nSPS) is 19.8. The van der Waals surface area contributed by atoms with Crippen LogP contribution < -0.4 is 9.80 Å². The highest BCUT2D eigenvalue weighted by atomic mass is 19.4. The van der Waals surface area contributed by atoms with Gasteiger partial charge >= 0.3 is 12.2 Å². The smallest absolute Gasteiger partial charge is 0.369 e. The average Bonchev–Trinajstić information content (AvgIpc) is 3.62. The summed E-state index contributed by atoms with van der Waals surface area (Å²) < 4.78 is 58.2. The van der Waals surface area contributed by atoms with E-state index in [-0.39, 0.29) is 42.5 Å². The number of anilines is 2. The summed E-state index contributed by atoms with van der Waals surface area (Å²) in [6, 6.07) is 9.62. The van der Waals surface area contributed by atoms with E-state index in [1.807, 2.05) is 24.1 Å². The van der Waals surface area contributed by atoms with Crippen molar-refractivity contribution in [2.75, 3.05) is 36.0 Å². The van der Waals surface area contributed by atoms with E-state index in [0.29, 0.717) is 56.9 Å². The number of aryl methyl sites for hydroxylation is 1. The molecule has 3 amide bonds. The van der Waals surface area contributed by atoms with Crippen LogP contribution in [0, 0.1) is 12.7 Å². The fourth-order valence-corrected chi connectivity index (χ4v) is 6.64. The summed E-state index contributed by atoms with van der Waals surface area (Å²) in [4.78, 5) is 32.8. The number of carbonyl (C=O) groups is 2. The third kappa shape index (κ3) is 5.54. The highest BCUT2D eigenvalue weighted by molar-refractivity contribution is 5.94. The minimum absolute atomic E-state index is 0.0147. The third-order valence-corrected chi connectivity index (χ3v) is 8.90. The number of likely N-dealkylation sites (tertiary alicyclic amines) is 1. The van der Waals surface area contributed by atoms with Gasteiger partial charge in [0.15, 0.2) is 5.82 Å². The number of hydrogen-bond donors (Lipinski definition) is 0. The lowest BCUT2D eigenvalue weighted by Gasteiger charge is -2.43. The highest BCUT2D eigenvalue weighted by Crippen LogP contribution is 2.38. The van der Waals surface area contributed by atoms with Gasteiger partial charge in [0.2, 0.25) is 5.91 Å². The molecule has 0 saturated carbocycles. The molecule has 1 unspecified atom stereocenters. The van der Waals surface area contributed by atoms with Gasteiger partial charge in [-0.15, -0.1) is 0 Å². The first kappa shape index (κ1) is 29.0. The molecule has 1 atom stereocenters. The molecule has 8 nitrogen and oxygen atoms in total. The maximum Gasteiger partial charge on any atom is 0.416 e. The van der Waals surface area contributed by atoms with Crippen LogP contribution in [0.4, 0.5) is 33.9 Å². The number of benzene rings is 2. The molecule has 3 aliphatic heterocycles. The maximum atomic E-state index is 14.7. The Labute approximate surface area is 247 Å². The van der Waals surface area contributed by atoms with Gasteiger partial charge in [0.25, 0.3) is 0 Å². The Hall–Kier alpha value is -4.09. The van der Waals surface area contributed by atoms with Gasteiger partial charge in [-0.05, 0) is 49.4 Å². The van der Waals surface area contributed by atoms with E-state index < -0.39 is 17.8 Å². The van der Waals surface area contributed by atoms with Gasteiger partial charge in [-0.1, -0.05) is 30.3 Å². The molecule has 3 aromatic rings. The van der Waals surface area contributed by atoms with Crippen molar-refractivity contribution < 1.29 is 27.2 Å². The fourth-order valence-electron chi connectivity index (χ4n) is 6.64. The van der Waals surface area contributed by atoms with E-state index in [2.05, 4.69) is 0 Å². The Morgan fingerprint density at radius 1 is 1.00 bits per heavy atom. The summed E-state index contributed by atoms with van der Waals surface area (Å²) in [5, 5.41) is 4.72. The fraction of sp³-hybridized carbons (Fsp3) is 0.452. The van der Waals surface area contributed by atoms with Crippen molar-refractivity contribution >= 4 is 23.4 Å². The van der Waals surface area contributed by atoms with Gasteiger partial charge in [-0.2, -0.15) is 18.3 Å². The van der Waals surface area contributed by atoms with Crippen molar-refractivity contribution in [3.05, 3.63) is 76.7 Å². The molecule has 4 heterocycles. The van der Waals surface area contributed by atoms with Crippen LogP contribution in [0.15, 0.2) is 48.7 Å². The summed E-state index contributed by atoms with van der Waals surface area (Å²) in [6.07, 6.45) is -0.834. The van der Waals surface area contributed by atoms with Crippen molar-refractivity contribution in [3.63, 3.8) is 0 Å². The SMILES string of the molecule is CC(=O)N1CCC(n2cc3c(n2)N(Cc2ccccc2C(F)(F)F)C(=O)N(C2CCN(c4c(C)cccc4F)CC2)C3)C1. The zero-order chi connectivity index (χ0) is 30.5. The van der Waals surface area contributed by atoms with Gasteiger partial charge in [0.05, 0.1) is 30.4 Å². The van der Waals surface area contributed by atoms with E-state index >= 15 is 0 Å². The van der Waals surface area contributed by atoms with E-state index in [0.717, 1.165) is 17.2 Å².